The van der Waals surface area contributed by atoms with Gasteiger partial charge in [0.1, 0.15) is 8.30 Å². The Morgan fingerprint density at radius 2 is 1.94 bits per heavy atom. The van der Waals surface area contributed by atoms with E-state index in [0.29, 0.717) is 19.0 Å². The summed E-state index contributed by atoms with van der Waals surface area (Å²) in [7, 11) is -0.615. The van der Waals surface area contributed by atoms with Crippen LogP contribution in [0.2, 0.25) is 0 Å². The fourth-order valence-corrected chi connectivity index (χ4v) is 4.55. The van der Waals surface area contributed by atoms with E-state index in [-0.39, 0.29) is 18.3 Å². The average molecular weight is 262 g/mol. The molecule has 1 saturated heterocycles. The zero-order chi connectivity index (χ0) is 13.9. The van der Waals surface area contributed by atoms with Crippen LogP contribution in [-0.2, 0) is 9.26 Å². The highest BCUT2D eigenvalue weighted by molar-refractivity contribution is 7.49. The maximum Gasteiger partial charge on any atom is 0.102 e. The molecule has 102 valence electrons. The summed E-state index contributed by atoms with van der Waals surface area (Å²) < 4.78 is 21.9. The molecule has 0 saturated carbocycles. The van der Waals surface area contributed by atoms with Crippen LogP contribution in [-0.4, -0.2) is 41.7 Å². The molecule has 0 radical (unpaired) electrons. The molecule has 1 aliphatic rings. The molecule has 0 N–H and O–H groups in total. The van der Waals surface area contributed by atoms with E-state index in [9.17, 15) is 0 Å². The van der Waals surface area contributed by atoms with Crippen molar-refractivity contribution in [2.24, 2.45) is 0 Å². The number of rotatable bonds is 5. The summed E-state index contributed by atoms with van der Waals surface area (Å²) in [4.78, 5) is 0. The monoisotopic (exact) mass is 262 g/mol. The van der Waals surface area contributed by atoms with Gasteiger partial charge in [0.15, 0.2) is 0 Å². The van der Waals surface area contributed by atoms with Crippen LogP contribution >= 0.6 is 8.30 Å². The fraction of sp³-hybridized carbons (Fsp3) is 1.00. The molecule has 0 aromatic rings. The van der Waals surface area contributed by atoms with Crippen LogP contribution in [0, 0.1) is 0 Å². The molecule has 17 heavy (non-hydrogen) atoms. The second-order valence-electron chi connectivity index (χ2n) is 5.40. The van der Waals surface area contributed by atoms with Crippen molar-refractivity contribution in [2.75, 3.05) is 6.66 Å². The van der Waals surface area contributed by atoms with Crippen LogP contribution < -0.4 is 0 Å². The molecule has 3 nitrogen and oxygen atoms in total. The average Bonchev–Trinajstić information content (AvgIpc) is 2.57. The first kappa shape index (κ1) is 13.7. The third-order valence-electron chi connectivity index (χ3n) is 3.06. The van der Waals surface area contributed by atoms with Gasteiger partial charge in [-0.2, -0.15) is 0 Å². The van der Waals surface area contributed by atoms with Gasteiger partial charge in [-0.3, -0.25) is 4.67 Å². The molecular formula is C13H28NO2P. The Morgan fingerprint density at radius 1 is 1.35 bits per heavy atom. The first-order valence-corrected chi connectivity index (χ1v) is 8.16. The minimum Gasteiger partial charge on any atom is -0.373 e. The highest BCUT2D eigenvalue weighted by atomic mass is 31.2. The molecule has 1 aliphatic heterocycles. The molecule has 0 aliphatic carbocycles. The molecule has 4 heteroatoms. The predicted molar refractivity (Wildman–Crippen MR) is 74.5 cm³/mol. The van der Waals surface area contributed by atoms with Crippen LogP contribution in [0.4, 0.5) is 0 Å². The van der Waals surface area contributed by atoms with E-state index >= 15 is 0 Å². The Kier molecular flexibility index (Phi) is 5.23. The first-order chi connectivity index (χ1) is 8.36. The Bertz CT molecular complexity index is 245. The van der Waals surface area contributed by atoms with Crippen molar-refractivity contribution < 1.29 is 10.6 Å². The summed E-state index contributed by atoms with van der Waals surface area (Å²) in [6.07, 6.45) is 1.18. The molecule has 4 atom stereocenters. The van der Waals surface area contributed by atoms with Gasteiger partial charge in [0.25, 0.3) is 0 Å². The van der Waals surface area contributed by atoms with Gasteiger partial charge >= 0.3 is 0 Å². The van der Waals surface area contributed by atoms with Crippen molar-refractivity contribution in [1.29, 1.82) is 0 Å². The predicted octanol–water partition coefficient (Wildman–Crippen LogP) is 3.63. The van der Waals surface area contributed by atoms with Crippen molar-refractivity contribution in [3.05, 3.63) is 0 Å². The Hall–Kier alpha value is 0.310. The molecule has 1 rings (SSSR count). The zero-order valence-corrected chi connectivity index (χ0v) is 12.9. The van der Waals surface area contributed by atoms with Gasteiger partial charge in [-0.05, 0) is 48.2 Å². The second-order valence-corrected chi connectivity index (χ2v) is 7.00. The van der Waals surface area contributed by atoms with Gasteiger partial charge < -0.3 is 9.26 Å². The minimum atomic E-state index is -0.615. The fourth-order valence-electron chi connectivity index (χ4n) is 2.53. The molecular weight excluding hydrogens is 233 g/mol. The highest BCUT2D eigenvalue weighted by Crippen LogP contribution is 2.44. The lowest BCUT2D eigenvalue weighted by Gasteiger charge is -2.36. The number of nitrogens with zero attached hydrogens (tertiary/aromatic N) is 1. The maximum absolute atomic E-state index is 7.53. The van der Waals surface area contributed by atoms with Crippen LogP contribution in [0.5, 0.6) is 0 Å². The molecule has 0 aromatic carbocycles. The lowest BCUT2D eigenvalue weighted by atomic mass is 10.2. The summed E-state index contributed by atoms with van der Waals surface area (Å²) in [5, 5.41) is 0. The van der Waals surface area contributed by atoms with Crippen molar-refractivity contribution in [3.8, 4) is 0 Å². The van der Waals surface area contributed by atoms with Crippen LogP contribution in [0.3, 0.4) is 0 Å². The zero-order valence-electron chi connectivity index (χ0n) is 13.0. The van der Waals surface area contributed by atoms with Gasteiger partial charge in [-0.1, -0.05) is 0 Å². The van der Waals surface area contributed by atoms with Crippen molar-refractivity contribution in [2.45, 2.75) is 78.3 Å². The molecule has 0 aromatic heterocycles. The lowest BCUT2D eigenvalue weighted by molar-refractivity contribution is 0.0364. The molecule has 1 fully saturated rings. The van der Waals surface area contributed by atoms with Gasteiger partial charge in [0, 0.05) is 19.9 Å². The highest BCUT2D eigenvalue weighted by Gasteiger charge is 2.33. The van der Waals surface area contributed by atoms with E-state index in [4.69, 9.17) is 10.6 Å². The summed E-state index contributed by atoms with van der Waals surface area (Å²) in [6.45, 7) is 13.3. The molecule has 0 amide bonds. The van der Waals surface area contributed by atoms with Crippen molar-refractivity contribution >= 4 is 8.30 Å². The molecule has 0 bridgehead atoms. The van der Waals surface area contributed by atoms with E-state index in [1.165, 1.54) is 0 Å². The van der Waals surface area contributed by atoms with E-state index in [1.54, 1.807) is 0 Å². The van der Waals surface area contributed by atoms with Gasteiger partial charge in [0.05, 0.1) is 18.3 Å². The minimum absolute atomic E-state index is 0.0499. The summed E-state index contributed by atoms with van der Waals surface area (Å²) >= 11 is 0. The topological polar surface area (TPSA) is 21.7 Å². The maximum atomic E-state index is 7.53. The number of hydrogen-bond donors (Lipinski definition) is 0. The molecule has 1 heterocycles. The molecule has 0 spiro atoms. The standard InChI is InChI=1S/C13H28NO2P/c1-9(2)14(10(3)4)17(7)16-13-8-11(5)15-12(13)6/h9-13H,8H2,1-7H3/t11-,12+,13-,17?/m0/s1/i6D. The third kappa shape index (κ3) is 4.17. The van der Waals surface area contributed by atoms with E-state index < -0.39 is 8.30 Å². The number of hydrogen-bond acceptors (Lipinski definition) is 3. The first-order valence-electron chi connectivity index (χ1n) is 7.21. The van der Waals surface area contributed by atoms with Gasteiger partial charge in [0.2, 0.25) is 0 Å². The van der Waals surface area contributed by atoms with Crippen molar-refractivity contribution in [1.82, 2.24) is 4.67 Å². The summed E-state index contributed by atoms with van der Waals surface area (Å²) in [5.41, 5.74) is 0. The van der Waals surface area contributed by atoms with Gasteiger partial charge in [-0.25, -0.2) is 0 Å². The largest absolute Gasteiger partial charge is 0.373 e. The second kappa shape index (κ2) is 6.47. The van der Waals surface area contributed by atoms with Crippen LogP contribution in [0.25, 0.3) is 0 Å². The van der Waals surface area contributed by atoms with E-state index in [2.05, 4.69) is 46.0 Å². The summed E-state index contributed by atoms with van der Waals surface area (Å²) in [5.74, 6) is 0. The normalized spacial score (nSPS) is 32.5. The third-order valence-corrected chi connectivity index (χ3v) is 5.21. The van der Waals surface area contributed by atoms with E-state index in [1.807, 2.05) is 0 Å². The van der Waals surface area contributed by atoms with Crippen LogP contribution in [0.15, 0.2) is 0 Å². The smallest absolute Gasteiger partial charge is 0.102 e. The van der Waals surface area contributed by atoms with E-state index in [0.717, 1.165) is 6.42 Å². The van der Waals surface area contributed by atoms with Crippen molar-refractivity contribution in [3.63, 3.8) is 0 Å². The Morgan fingerprint density at radius 3 is 2.41 bits per heavy atom. The Labute approximate surface area is 109 Å². The van der Waals surface area contributed by atoms with Crippen LogP contribution in [0.1, 0.15) is 49.3 Å². The lowest BCUT2D eigenvalue weighted by Crippen LogP contribution is -2.34. The summed E-state index contributed by atoms with van der Waals surface area (Å²) in [6, 6.07) is 0.964. The molecule has 1 unspecified atom stereocenters. The van der Waals surface area contributed by atoms with Gasteiger partial charge in [-0.15, -0.1) is 0 Å². The Balaban J connectivity index is 2.59. The SMILES string of the molecule is [2H]C[C@H]1O[C@@H](C)C[C@@H]1OP(C)N(C(C)C)C(C)C. The quantitative estimate of drug-likeness (QED) is 0.706. The number of ether oxygens (including phenoxy) is 1.